The van der Waals surface area contributed by atoms with Crippen LogP contribution in [0.5, 0.6) is 0 Å². The Hall–Kier alpha value is -1.35. The molecular formula is C16H24N2O. The van der Waals surface area contributed by atoms with Crippen LogP contribution < -0.4 is 5.73 Å². The number of amides is 1. The predicted octanol–water partition coefficient (Wildman–Crippen LogP) is 2.48. The normalized spacial score (nSPS) is 16.4. The van der Waals surface area contributed by atoms with Gasteiger partial charge in [-0.2, -0.15) is 0 Å². The van der Waals surface area contributed by atoms with E-state index in [4.69, 9.17) is 5.73 Å². The van der Waals surface area contributed by atoms with Crippen LogP contribution in [0, 0.1) is 0 Å². The van der Waals surface area contributed by atoms with Crippen molar-refractivity contribution in [1.82, 2.24) is 4.90 Å². The first-order valence-electron chi connectivity index (χ1n) is 7.32. The average Bonchev–Trinajstić information content (AvgIpc) is 2.42. The molecule has 3 heteroatoms. The van der Waals surface area contributed by atoms with Gasteiger partial charge in [0.1, 0.15) is 0 Å². The second-order valence-electron chi connectivity index (χ2n) is 5.47. The zero-order valence-electron chi connectivity index (χ0n) is 11.6. The predicted molar refractivity (Wildman–Crippen MR) is 77.7 cm³/mol. The fourth-order valence-electron chi connectivity index (χ4n) is 2.65. The molecule has 104 valence electrons. The summed E-state index contributed by atoms with van der Waals surface area (Å²) < 4.78 is 0. The molecule has 2 rings (SSSR count). The highest BCUT2D eigenvalue weighted by atomic mass is 16.1. The number of hydrogen-bond acceptors (Lipinski definition) is 2. The Morgan fingerprint density at radius 1 is 1.05 bits per heavy atom. The van der Waals surface area contributed by atoms with Gasteiger partial charge in [-0.15, -0.1) is 0 Å². The Labute approximate surface area is 115 Å². The molecule has 0 radical (unpaired) electrons. The van der Waals surface area contributed by atoms with Gasteiger partial charge in [0.25, 0.3) is 0 Å². The van der Waals surface area contributed by atoms with Crippen LogP contribution >= 0.6 is 0 Å². The molecule has 0 saturated carbocycles. The van der Waals surface area contributed by atoms with Crippen molar-refractivity contribution in [2.75, 3.05) is 13.1 Å². The molecule has 0 aliphatic carbocycles. The Bertz CT molecular complexity index is 394. The van der Waals surface area contributed by atoms with E-state index in [9.17, 15) is 4.79 Å². The largest absolute Gasteiger partial charge is 0.370 e. The molecule has 1 aromatic rings. The third-order valence-electron chi connectivity index (χ3n) is 3.77. The number of carbonyl (C=O) groups is 1. The first kappa shape index (κ1) is 14.1. The van der Waals surface area contributed by atoms with Gasteiger partial charge in [-0.3, -0.25) is 9.69 Å². The molecule has 0 atom stereocenters. The zero-order valence-corrected chi connectivity index (χ0v) is 11.6. The Kier molecular flexibility index (Phi) is 5.40. The molecule has 1 aromatic carbocycles. The number of nitrogens with two attached hydrogens (primary N) is 1. The smallest absolute Gasteiger partial charge is 0.217 e. The SMILES string of the molecule is NC(=O)CCCc1ccc(CN2CCCCC2)cc1. The number of carbonyl (C=O) groups excluding carboxylic acids is 1. The Morgan fingerprint density at radius 3 is 2.32 bits per heavy atom. The molecule has 0 unspecified atom stereocenters. The van der Waals surface area contributed by atoms with E-state index in [1.54, 1.807) is 0 Å². The zero-order chi connectivity index (χ0) is 13.5. The van der Waals surface area contributed by atoms with E-state index in [2.05, 4.69) is 29.2 Å². The summed E-state index contributed by atoms with van der Waals surface area (Å²) in [7, 11) is 0. The third-order valence-corrected chi connectivity index (χ3v) is 3.77. The molecule has 1 saturated heterocycles. The minimum atomic E-state index is -0.207. The van der Waals surface area contributed by atoms with Gasteiger partial charge in [-0.25, -0.2) is 0 Å². The molecule has 19 heavy (non-hydrogen) atoms. The summed E-state index contributed by atoms with van der Waals surface area (Å²) in [6.45, 7) is 3.54. The summed E-state index contributed by atoms with van der Waals surface area (Å²) in [5.41, 5.74) is 7.82. The van der Waals surface area contributed by atoms with Crippen molar-refractivity contribution >= 4 is 5.91 Å². The first-order chi connectivity index (χ1) is 9.24. The van der Waals surface area contributed by atoms with E-state index < -0.39 is 0 Å². The quantitative estimate of drug-likeness (QED) is 0.854. The number of piperidine rings is 1. The summed E-state index contributed by atoms with van der Waals surface area (Å²) in [6, 6.07) is 8.79. The van der Waals surface area contributed by atoms with Gasteiger partial charge in [-0.1, -0.05) is 30.7 Å². The van der Waals surface area contributed by atoms with E-state index in [1.165, 1.54) is 43.5 Å². The van der Waals surface area contributed by atoms with Crippen molar-refractivity contribution in [3.05, 3.63) is 35.4 Å². The molecule has 1 aliphatic rings. The summed E-state index contributed by atoms with van der Waals surface area (Å²) >= 11 is 0. The maximum atomic E-state index is 10.7. The lowest BCUT2D eigenvalue weighted by molar-refractivity contribution is -0.118. The minimum Gasteiger partial charge on any atom is -0.370 e. The van der Waals surface area contributed by atoms with Crippen LogP contribution in [0.1, 0.15) is 43.2 Å². The van der Waals surface area contributed by atoms with Crippen LogP contribution in [0.2, 0.25) is 0 Å². The highest BCUT2D eigenvalue weighted by Gasteiger charge is 2.10. The number of rotatable bonds is 6. The molecule has 1 fully saturated rings. The maximum Gasteiger partial charge on any atom is 0.217 e. The molecule has 3 nitrogen and oxygen atoms in total. The average molecular weight is 260 g/mol. The van der Waals surface area contributed by atoms with Gasteiger partial charge in [-0.05, 0) is 49.9 Å². The van der Waals surface area contributed by atoms with Gasteiger partial charge in [0.2, 0.25) is 5.91 Å². The van der Waals surface area contributed by atoms with Crippen LogP contribution in [0.4, 0.5) is 0 Å². The van der Waals surface area contributed by atoms with Crippen LogP contribution in [0.25, 0.3) is 0 Å². The molecule has 1 aliphatic heterocycles. The van der Waals surface area contributed by atoms with E-state index in [0.29, 0.717) is 6.42 Å². The lowest BCUT2D eigenvalue weighted by Gasteiger charge is -2.26. The van der Waals surface area contributed by atoms with Crippen molar-refractivity contribution in [2.45, 2.75) is 45.1 Å². The standard InChI is InChI=1S/C16H24N2O/c17-16(19)6-4-5-14-7-9-15(10-8-14)13-18-11-2-1-3-12-18/h7-10H,1-6,11-13H2,(H2,17,19). The first-order valence-corrected chi connectivity index (χ1v) is 7.32. The maximum absolute atomic E-state index is 10.7. The third kappa shape index (κ3) is 5.03. The van der Waals surface area contributed by atoms with Crippen molar-refractivity contribution in [3.8, 4) is 0 Å². The van der Waals surface area contributed by atoms with E-state index in [0.717, 1.165) is 19.4 Å². The molecule has 0 bridgehead atoms. The van der Waals surface area contributed by atoms with Crippen LogP contribution in [0.15, 0.2) is 24.3 Å². The summed E-state index contributed by atoms with van der Waals surface area (Å²) in [5, 5.41) is 0. The number of hydrogen-bond donors (Lipinski definition) is 1. The van der Waals surface area contributed by atoms with Gasteiger partial charge in [0.05, 0.1) is 0 Å². The minimum absolute atomic E-state index is 0.207. The molecule has 0 spiro atoms. The van der Waals surface area contributed by atoms with E-state index >= 15 is 0 Å². The number of aryl methyl sites for hydroxylation is 1. The van der Waals surface area contributed by atoms with Gasteiger partial charge >= 0.3 is 0 Å². The number of benzene rings is 1. The lowest BCUT2D eigenvalue weighted by atomic mass is 10.0. The monoisotopic (exact) mass is 260 g/mol. The van der Waals surface area contributed by atoms with Gasteiger partial charge < -0.3 is 5.73 Å². The molecule has 1 heterocycles. The molecule has 1 amide bonds. The highest BCUT2D eigenvalue weighted by Crippen LogP contribution is 2.14. The van der Waals surface area contributed by atoms with E-state index in [-0.39, 0.29) is 5.91 Å². The summed E-state index contributed by atoms with van der Waals surface area (Å²) in [5.74, 6) is -0.207. The summed E-state index contributed by atoms with van der Waals surface area (Å²) in [6.07, 6.45) is 6.33. The van der Waals surface area contributed by atoms with Crippen molar-refractivity contribution in [3.63, 3.8) is 0 Å². The fourth-order valence-corrected chi connectivity index (χ4v) is 2.65. The number of nitrogens with zero attached hydrogens (tertiary/aromatic N) is 1. The Balaban J connectivity index is 1.78. The van der Waals surface area contributed by atoms with Crippen LogP contribution in [-0.4, -0.2) is 23.9 Å². The van der Waals surface area contributed by atoms with Crippen molar-refractivity contribution in [1.29, 1.82) is 0 Å². The topological polar surface area (TPSA) is 46.3 Å². The fraction of sp³-hybridized carbons (Fsp3) is 0.562. The summed E-state index contributed by atoms with van der Waals surface area (Å²) in [4.78, 5) is 13.2. The number of likely N-dealkylation sites (tertiary alicyclic amines) is 1. The Morgan fingerprint density at radius 2 is 1.68 bits per heavy atom. The second kappa shape index (κ2) is 7.29. The molecule has 2 N–H and O–H groups in total. The van der Waals surface area contributed by atoms with Crippen LogP contribution in [-0.2, 0) is 17.8 Å². The van der Waals surface area contributed by atoms with Crippen LogP contribution in [0.3, 0.4) is 0 Å². The van der Waals surface area contributed by atoms with Crippen molar-refractivity contribution < 1.29 is 4.79 Å². The number of primary amides is 1. The van der Waals surface area contributed by atoms with Crippen molar-refractivity contribution in [2.24, 2.45) is 5.73 Å². The van der Waals surface area contributed by atoms with Gasteiger partial charge in [0, 0.05) is 13.0 Å². The van der Waals surface area contributed by atoms with Gasteiger partial charge in [0.15, 0.2) is 0 Å². The van der Waals surface area contributed by atoms with E-state index in [1.807, 2.05) is 0 Å². The highest BCUT2D eigenvalue weighted by molar-refractivity contribution is 5.73. The lowest BCUT2D eigenvalue weighted by Crippen LogP contribution is -2.29. The molecular weight excluding hydrogens is 236 g/mol. The second-order valence-corrected chi connectivity index (χ2v) is 5.47. The molecule has 0 aromatic heterocycles.